The first-order valence-corrected chi connectivity index (χ1v) is 7.88. The van der Waals surface area contributed by atoms with Crippen LogP contribution in [0, 0.1) is 0 Å². The van der Waals surface area contributed by atoms with E-state index in [1.807, 2.05) is 37.3 Å². The van der Waals surface area contributed by atoms with Gasteiger partial charge in [-0.05, 0) is 37.1 Å². The Balaban J connectivity index is 2.12. The second kappa shape index (κ2) is 8.72. The number of carbonyl (C=O) groups is 2. The lowest BCUT2D eigenvalue weighted by molar-refractivity contribution is -0.137. The molecule has 0 fully saturated rings. The first kappa shape index (κ1) is 17.5. The van der Waals surface area contributed by atoms with E-state index in [0.717, 1.165) is 5.56 Å². The van der Waals surface area contributed by atoms with Crippen LogP contribution >= 0.6 is 0 Å². The first-order chi connectivity index (χ1) is 11.6. The van der Waals surface area contributed by atoms with Crippen molar-refractivity contribution in [2.75, 3.05) is 19.7 Å². The molecule has 0 atom stereocenters. The van der Waals surface area contributed by atoms with E-state index < -0.39 is 5.97 Å². The van der Waals surface area contributed by atoms with Crippen LogP contribution in [0.1, 0.15) is 22.8 Å². The number of benzene rings is 2. The normalized spacial score (nSPS) is 10.2. The van der Waals surface area contributed by atoms with E-state index in [9.17, 15) is 9.59 Å². The Morgan fingerprint density at radius 2 is 1.83 bits per heavy atom. The third-order valence-corrected chi connectivity index (χ3v) is 3.52. The van der Waals surface area contributed by atoms with Crippen LogP contribution in [-0.4, -0.2) is 41.6 Å². The van der Waals surface area contributed by atoms with Crippen LogP contribution in [0.5, 0.6) is 5.75 Å². The van der Waals surface area contributed by atoms with Gasteiger partial charge in [-0.1, -0.05) is 36.4 Å². The summed E-state index contributed by atoms with van der Waals surface area (Å²) in [6.07, 6.45) is 0.602. The highest BCUT2D eigenvalue weighted by Crippen LogP contribution is 2.15. The molecule has 2 aromatic rings. The summed E-state index contributed by atoms with van der Waals surface area (Å²) in [5, 5.41) is 9.10. The number of carboxylic acids is 1. The predicted octanol–water partition coefficient (Wildman–Crippen LogP) is 2.85. The molecule has 0 aliphatic heterocycles. The second-order valence-electron chi connectivity index (χ2n) is 5.32. The summed E-state index contributed by atoms with van der Waals surface area (Å²) in [5.41, 5.74) is 1.49. The molecule has 0 spiro atoms. The van der Waals surface area contributed by atoms with Gasteiger partial charge in [-0.2, -0.15) is 0 Å². The van der Waals surface area contributed by atoms with Gasteiger partial charge in [0, 0.05) is 12.1 Å². The summed E-state index contributed by atoms with van der Waals surface area (Å²) in [6, 6.07) is 16.5. The zero-order valence-corrected chi connectivity index (χ0v) is 13.6. The molecule has 0 aromatic heterocycles. The maximum Gasteiger partial charge on any atom is 0.323 e. The van der Waals surface area contributed by atoms with Crippen LogP contribution in [0.3, 0.4) is 0 Å². The van der Waals surface area contributed by atoms with Crippen molar-refractivity contribution >= 4 is 11.9 Å². The molecule has 0 saturated heterocycles. The molecule has 2 aromatic carbocycles. The SMILES string of the molecule is CCOc1cccc(C(=O)N(CCc2ccccc2)CC(=O)O)c1. The number of amides is 1. The smallest absolute Gasteiger partial charge is 0.323 e. The highest BCUT2D eigenvalue weighted by Gasteiger charge is 2.19. The van der Waals surface area contributed by atoms with Crippen molar-refractivity contribution in [2.24, 2.45) is 0 Å². The van der Waals surface area contributed by atoms with Crippen molar-refractivity contribution in [1.29, 1.82) is 0 Å². The quantitative estimate of drug-likeness (QED) is 0.809. The fourth-order valence-electron chi connectivity index (χ4n) is 2.39. The fraction of sp³-hybridized carbons (Fsp3) is 0.263. The lowest BCUT2D eigenvalue weighted by Gasteiger charge is -2.21. The van der Waals surface area contributed by atoms with E-state index in [2.05, 4.69) is 0 Å². The average Bonchev–Trinajstić information content (AvgIpc) is 2.59. The molecule has 0 unspecified atom stereocenters. The zero-order valence-electron chi connectivity index (χ0n) is 13.6. The van der Waals surface area contributed by atoms with Crippen molar-refractivity contribution in [3.05, 3.63) is 65.7 Å². The molecular formula is C19H21NO4. The molecule has 24 heavy (non-hydrogen) atoms. The standard InChI is InChI=1S/C19H21NO4/c1-2-24-17-10-6-9-16(13-17)19(23)20(14-18(21)22)12-11-15-7-4-3-5-8-15/h3-10,13H,2,11-12,14H2,1H3,(H,21,22). The van der Waals surface area contributed by atoms with Gasteiger partial charge < -0.3 is 14.7 Å². The number of hydrogen-bond acceptors (Lipinski definition) is 3. The van der Waals surface area contributed by atoms with E-state index in [1.165, 1.54) is 4.90 Å². The summed E-state index contributed by atoms with van der Waals surface area (Å²) >= 11 is 0. The number of rotatable bonds is 8. The molecule has 0 heterocycles. The van der Waals surface area contributed by atoms with Crippen LogP contribution in [0.15, 0.2) is 54.6 Å². The maximum atomic E-state index is 12.7. The Bertz CT molecular complexity index is 685. The maximum absolute atomic E-state index is 12.7. The largest absolute Gasteiger partial charge is 0.494 e. The van der Waals surface area contributed by atoms with Crippen LogP contribution in [0.25, 0.3) is 0 Å². The molecule has 0 aliphatic carbocycles. The molecule has 1 N–H and O–H groups in total. The zero-order chi connectivity index (χ0) is 17.4. The van der Waals surface area contributed by atoms with Crippen LogP contribution < -0.4 is 4.74 Å². The molecule has 1 amide bonds. The van der Waals surface area contributed by atoms with Gasteiger partial charge in [0.25, 0.3) is 5.91 Å². The Morgan fingerprint density at radius 1 is 1.08 bits per heavy atom. The van der Waals surface area contributed by atoms with Crippen molar-refractivity contribution in [2.45, 2.75) is 13.3 Å². The van der Waals surface area contributed by atoms with E-state index in [-0.39, 0.29) is 12.5 Å². The molecule has 5 nitrogen and oxygen atoms in total. The molecule has 126 valence electrons. The van der Waals surface area contributed by atoms with Crippen LogP contribution in [0.4, 0.5) is 0 Å². The van der Waals surface area contributed by atoms with Gasteiger partial charge in [0.2, 0.25) is 0 Å². The number of carbonyl (C=O) groups excluding carboxylic acids is 1. The Morgan fingerprint density at radius 3 is 2.50 bits per heavy atom. The van der Waals surface area contributed by atoms with E-state index in [0.29, 0.717) is 30.9 Å². The Labute approximate surface area is 141 Å². The summed E-state index contributed by atoms with van der Waals surface area (Å²) in [5.74, 6) is -0.742. The second-order valence-corrected chi connectivity index (χ2v) is 5.32. The van der Waals surface area contributed by atoms with Crippen molar-refractivity contribution in [3.63, 3.8) is 0 Å². The minimum Gasteiger partial charge on any atom is -0.494 e. The third kappa shape index (κ3) is 5.12. The van der Waals surface area contributed by atoms with Gasteiger partial charge in [0.1, 0.15) is 12.3 Å². The monoisotopic (exact) mass is 327 g/mol. The van der Waals surface area contributed by atoms with E-state index >= 15 is 0 Å². The van der Waals surface area contributed by atoms with Crippen molar-refractivity contribution < 1.29 is 19.4 Å². The van der Waals surface area contributed by atoms with Crippen LogP contribution in [-0.2, 0) is 11.2 Å². The molecule has 0 bridgehead atoms. The summed E-state index contributed by atoms with van der Waals surface area (Å²) in [4.78, 5) is 25.1. The minimum absolute atomic E-state index is 0.310. The minimum atomic E-state index is -1.03. The predicted molar refractivity (Wildman–Crippen MR) is 91.3 cm³/mol. The molecular weight excluding hydrogens is 306 g/mol. The highest BCUT2D eigenvalue weighted by molar-refractivity contribution is 5.96. The molecule has 5 heteroatoms. The van der Waals surface area contributed by atoms with Gasteiger partial charge in [-0.25, -0.2) is 0 Å². The van der Waals surface area contributed by atoms with Gasteiger partial charge in [0.15, 0.2) is 0 Å². The number of aliphatic carboxylic acids is 1. The van der Waals surface area contributed by atoms with Crippen molar-refractivity contribution in [3.8, 4) is 5.75 Å². The number of hydrogen-bond donors (Lipinski definition) is 1. The molecule has 0 radical (unpaired) electrons. The van der Waals surface area contributed by atoms with Crippen molar-refractivity contribution in [1.82, 2.24) is 4.90 Å². The van der Waals surface area contributed by atoms with Gasteiger partial charge in [-0.3, -0.25) is 9.59 Å². The number of nitrogens with zero attached hydrogens (tertiary/aromatic N) is 1. The van der Waals surface area contributed by atoms with Gasteiger partial charge in [-0.15, -0.1) is 0 Å². The fourth-order valence-corrected chi connectivity index (χ4v) is 2.39. The Hall–Kier alpha value is -2.82. The van der Waals surface area contributed by atoms with E-state index in [1.54, 1.807) is 24.3 Å². The third-order valence-electron chi connectivity index (χ3n) is 3.52. The number of ether oxygens (including phenoxy) is 1. The number of carboxylic acid groups (broad SMARTS) is 1. The lowest BCUT2D eigenvalue weighted by atomic mass is 10.1. The summed E-state index contributed by atoms with van der Waals surface area (Å²) < 4.78 is 5.40. The molecule has 0 aliphatic rings. The topological polar surface area (TPSA) is 66.8 Å². The molecule has 0 saturated carbocycles. The summed E-state index contributed by atoms with van der Waals surface area (Å²) in [7, 11) is 0. The van der Waals surface area contributed by atoms with E-state index in [4.69, 9.17) is 9.84 Å². The lowest BCUT2D eigenvalue weighted by Crippen LogP contribution is -2.37. The highest BCUT2D eigenvalue weighted by atomic mass is 16.5. The summed E-state index contributed by atoms with van der Waals surface area (Å²) in [6.45, 7) is 2.38. The Kier molecular flexibility index (Phi) is 6.37. The van der Waals surface area contributed by atoms with Gasteiger partial charge in [0.05, 0.1) is 6.61 Å². The van der Waals surface area contributed by atoms with Crippen LogP contribution in [0.2, 0.25) is 0 Å². The average molecular weight is 327 g/mol. The van der Waals surface area contributed by atoms with Gasteiger partial charge >= 0.3 is 5.97 Å². The first-order valence-electron chi connectivity index (χ1n) is 7.88. The molecule has 2 rings (SSSR count).